The van der Waals surface area contributed by atoms with Crippen LogP contribution < -0.4 is 5.32 Å². The number of nitrogens with zero attached hydrogens (tertiary/aromatic N) is 3. The Morgan fingerprint density at radius 3 is 2.82 bits per heavy atom. The third-order valence-electron chi connectivity index (χ3n) is 1.84. The highest BCUT2D eigenvalue weighted by Crippen LogP contribution is 2.22. The second-order valence-electron chi connectivity index (χ2n) is 3.11. The van der Waals surface area contributed by atoms with Crippen LogP contribution in [0, 0.1) is 6.92 Å². The number of pyridine rings is 1. The molecule has 0 unspecified atom stereocenters. The van der Waals surface area contributed by atoms with Gasteiger partial charge in [-0.3, -0.25) is 0 Å². The predicted octanol–water partition coefficient (Wildman–Crippen LogP) is 2.34. The number of aryl methyl sites for hydroxylation is 1. The lowest BCUT2D eigenvalue weighted by atomic mass is 10.2. The lowest BCUT2D eigenvalue weighted by Gasteiger charge is -2.05. The summed E-state index contributed by atoms with van der Waals surface area (Å²) in [5.41, 5.74) is 0.0299. The molecule has 2 heterocycles. The zero-order valence-corrected chi connectivity index (χ0v) is 10.2. The van der Waals surface area contributed by atoms with Crippen molar-refractivity contribution in [1.82, 2.24) is 14.3 Å². The van der Waals surface area contributed by atoms with Crippen LogP contribution in [0.1, 0.15) is 16.2 Å². The number of carboxylic acid groups (broad SMARTS) is 1. The van der Waals surface area contributed by atoms with Crippen LogP contribution in [0.2, 0.25) is 5.15 Å². The minimum atomic E-state index is -1.09. The number of nitrogens with one attached hydrogen (secondary N) is 1. The van der Waals surface area contributed by atoms with Crippen molar-refractivity contribution in [2.24, 2.45) is 0 Å². The molecule has 0 bridgehead atoms. The molecule has 8 heteroatoms. The molecule has 0 atom stereocenters. The summed E-state index contributed by atoms with van der Waals surface area (Å²) in [4.78, 5) is 18.9. The smallest absolute Gasteiger partial charge is 0.339 e. The second kappa shape index (κ2) is 4.64. The molecule has 0 aliphatic heterocycles. The molecule has 2 aromatic heterocycles. The monoisotopic (exact) mass is 270 g/mol. The van der Waals surface area contributed by atoms with Gasteiger partial charge in [0.1, 0.15) is 22.4 Å². The first-order valence-electron chi connectivity index (χ1n) is 4.53. The van der Waals surface area contributed by atoms with Crippen LogP contribution in [0.5, 0.6) is 0 Å². The Morgan fingerprint density at radius 1 is 1.47 bits per heavy atom. The fourth-order valence-corrected chi connectivity index (χ4v) is 1.87. The molecule has 0 saturated heterocycles. The van der Waals surface area contributed by atoms with Gasteiger partial charge in [0.05, 0.1) is 0 Å². The maximum absolute atomic E-state index is 11.0. The number of carboxylic acids is 1. The summed E-state index contributed by atoms with van der Waals surface area (Å²) in [6.45, 7) is 1.74. The highest BCUT2D eigenvalue weighted by molar-refractivity contribution is 7.09. The van der Waals surface area contributed by atoms with Gasteiger partial charge >= 0.3 is 5.97 Å². The first-order chi connectivity index (χ1) is 8.06. The molecule has 0 radical (unpaired) electrons. The van der Waals surface area contributed by atoms with Crippen molar-refractivity contribution in [3.05, 3.63) is 28.7 Å². The van der Waals surface area contributed by atoms with E-state index in [9.17, 15) is 4.79 Å². The van der Waals surface area contributed by atoms with Crippen LogP contribution >= 0.6 is 23.1 Å². The molecule has 0 aliphatic rings. The van der Waals surface area contributed by atoms with Crippen molar-refractivity contribution in [2.45, 2.75) is 6.92 Å². The van der Waals surface area contributed by atoms with E-state index in [4.69, 9.17) is 16.7 Å². The number of aromatic nitrogens is 3. The minimum Gasteiger partial charge on any atom is -0.478 e. The number of rotatable bonds is 3. The van der Waals surface area contributed by atoms with Gasteiger partial charge in [0, 0.05) is 11.5 Å². The van der Waals surface area contributed by atoms with E-state index in [1.54, 1.807) is 6.92 Å². The van der Waals surface area contributed by atoms with Crippen molar-refractivity contribution in [3.8, 4) is 0 Å². The van der Waals surface area contributed by atoms with Gasteiger partial charge in [-0.2, -0.15) is 4.37 Å². The number of hydrogen-bond acceptors (Lipinski definition) is 6. The molecule has 2 rings (SSSR count). The van der Waals surface area contributed by atoms with Gasteiger partial charge in [-0.25, -0.2) is 14.8 Å². The summed E-state index contributed by atoms with van der Waals surface area (Å²) >= 11 is 6.84. The van der Waals surface area contributed by atoms with Crippen LogP contribution in [0.3, 0.4) is 0 Å². The van der Waals surface area contributed by atoms with Gasteiger partial charge in [0.15, 0.2) is 0 Å². The standard InChI is InChI=1S/C9H7ClN4O2S/c1-4-11-9(17-14-4)13-7-5(8(15)16)2-3-6(10)12-7/h2-3H,1H3,(H,15,16)(H,11,12,13,14). The quantitative estimate of drug-likeness (QED) is 0.832. The zero-order valence-electron chi connectivity index (χ0n) is 8.64. The Kier molecular flexibility index (Phi) is 3.21. The van der Waals surface area contributed by atoms with E-state index >= 15 is 0 Å². The van der Waals surface area contributed by atoms with Crippen molar-refractivity contribution in [1.29, 1.82) is 0 Å². The average molecular weight is 271 g/mol. The molecule has 0 aliphatic carbocycles. The number of halogens is 1. The normalized spacial score (nSPS) is 10.2. The van der Waals surface area contributed by atoms with Gasteiger partial charge < -0.3 is 10.4 Å². The van der Waals surface area contributed by atoms with Crippen molar-refractivity contribution in [3.63, 3.8) is 0 Å². The van der Waals surface area contributed by atoms with E-state index in [0.29, 0.717) is 11.0 Å². The molecule has 2 N–H and O–H groups in total. The van der Waals surface area contributed by atoms with E-state index in [2.05, 4.69) is 19.7 Å². The van der Waals surface area contributed by atoms with E-state index in [1.807, 2.05) is 0 Å². The number of carbonyl (C=O) groups is 1. The van der Waals surface area contributed by atoms with Crippen LogP contribution in [0.15, 0.2) is 12.1 Å². The summed E-state index contributed by atoms with van der Waals surface area (Å²) in [7, 11) is 0. The molecule has 2 aromatic rings. The molecular weight excluding hydrogens is 264 g/mol. The van der Waals surface area contributed by atoms with Gasteiger partial charge in [-0.15, -0.1) is 0 Å². The molecule has 88 valence electrons. The summed E-state index contributed by atoms with van der Waals surface area (Å²) < 4.78 is 3.97. The van der Waals surface area contributed by atoms with Crippen LogP contribution in [-0.4, -0.2) is 25.4 Å². The first kappa shape index (κ1) is 11.7. The topological polar surface area (TPSA) is 88.0 Å². The third-order valence-corrected chi connectivity index (χ3v) is 2.78. The van der Waals surface area contributed by atoms with E-state index in [-0.39, 0.29) is 16.5 Å². The summed E-state index contributed by atoms with van der Waals surface area (Å²) in [5.74, 6) is -0.324. The van der Waals surface area contributed by atoms with Crippen LogP contribution in [0.25, 0.3) is 0 Å². The third kappa shape index (κ3) is 2.69. The summed E-state index contributed by atoms with van der Waals surface area (Å²) in [6, 6.07) is 2.80. The SMILES string of the molecule is Cc1nsc(Nc2nc(Cl)ccc2C(=O)O)n1. The first-order valence-corrected chi connectivity index (χ1v) is 5.68. The van der Waals surface area contributed by atoms with Gasteiger partial charge in [0.2, 0.25) is 5.13 Å². The Bertz CT molecular complexity index is 572. The highest BCUT2D eigenvalue weighted by Gasteiger charge is 2.13. The number of anilines is 2. The van der Waals surface area contributed by atoms with Gasteiger partial charge in [-0.1, -0.05) is 11.6 Å². The van der Waals surface area contributed by atoms with Gasteiger partial charge in [-0.05, 0) is 19.1 Å². The van der Waals surface area contributed by atoms with E-state index < -0.39 is 5.97 Å². The van der Waals surface area contributed by atoms with Crippen molar-refractivity contribution < 1.29 is 9.90 Å². The molecule has 0 aromatic carbocycles. The van der Waals surface area contributed by atoms with Gasteiger partial charge in [0.25, 0.3) is 0 Å². The fourth-order valence-electron chi connectivity index (χ4n) is 1.15. The molecule has 0 saturated carbocycles. The van der Waals surface area contributed by atoms with Crippen molar-refractivity contribution >= 4 is 40.1 Å². The second-order valence-corrected chi connectivity index (χ2v) is 4.25. The lowest BCUT2D eigenvalue weighted by Crippen LogP contribution is -2.04. The highest BCUT2D eigenvalue weighted by atomic mass is 35.5. The fraction of sp³-hybridized carbons (Fsp3) is 0.111. The summed E-state index contributed by atoms with van der Waals surface area (Å²) in [5, 5.41) is 12.4. The molecular formula is C9H7ClN4O2S. The summed E-state index contributed by atoms with van der Waals surface area (Å²) in [6.07, 6.45) is 0. The maximum Gasteiger partial charge on any atom is 0.339 e. The molecule has 0 amide bonds. The maximum atomic E-state index is 11.0. The van der Waals surface area contributed by atoms with Crippen LogP contribution in [-0.2, 0) is 0 Å². The predicted molar refractivity (Wildman–Crippen MR) is 64.1 cm³/mol. The minimum absolute atomic E-state index is 0.0299. The Balaban J connectivity index is 2.37. The average Bonchev–Trinajstić information content (AvgIpc) is 2.63. The lowest BCUT2D eigenvalue weighted by molar-refractivity contribution is 0.0697. The Labute approximate surface area is 105 Å². The Hall–Kier alpha value is -1.73. The van der Waals surface area contributed by atoms with Crippen LogP contribution in [0.4, 0.5) is 10.9 Å². The Morgan fingerprint density at radius 2 is 2.24 bits per heavy atom. The van der Waals surface area contributed by atoms with Crippen molar-refractivity contribution in [2.75, 3.05) is 5.32 Å². The van der Waals surface area contributed by atoms with E-state index in [0.717, 1.165) is 11.5 Å². The zero-order chi connectivity index (χ0) is 12.4. The number of aromatic carboxylic acids is 1. The molecule has 17 heavy (non-hydrogen) atoms. The molecule has 0 spiro atoms. The molecule has 0 fully saturated rings. The number of hydrogen-bond donors (Lipinski definition) is 2. The molecule has 6 nitrogen and oxygen atoms in total. The largest absolute Gasteiger partial charge is 0.478 e. The van der Waals surface area contributed by atoms with E-state index in [1.165, 1.54) is 12.1 Å².